The molecule has 2 amide bonds. The summed E-state index contributed by atoms with van der Waals surface area (Å²) in [6.45, 7) is 5.10. The van der Waals surface area contributed by atoms with Gasteiger partial charge < -0.3 is 18.8 Å². The van der Waals surface area contributed by atoms with Gasteiger partial charge in [-0.25, -0.2) is 0 Å². The monoisotopic (exact) mass is 482 g/mol. The van der Waals surface area contributed by atoms with Crippen LogP contribution in [0.25, 0.3) is 0 Å². The number of carbonyl (C=O) groups is 2. The van der Waals surface area contributed by atoms with Crippen molar-refractivity contribution in [2.45, 2.75) is 31.1 Å². The van der Waals surface area contributed by atoms with E-state index in [1.54, 1.807) is 34.9 Å². The molecule has 1 N–H and O–H groups in total. The molecule has 1 aliphatic rings. The summed E-state index contributed by atoms with van der Waals surface area (Å²) in [6, 6.07) is 12.7. The van der Waals surface area contributed by atoms with Gasteiger partial charge >= 0.3 is 6.01 Å². The Labute approximate surface area is 201 Å². The van der Waals surface area contributed by atoms with Gasteiger partial charge in [-0.05, 0) is 62.6 Å². The quantitative estimate of drug-likeness (QED) is 0.448. The summed E-state index contributed by atoms with van der Waals surface area (Å²) >= 11 is 1.65. The van der Waals surface area contributed by atoms with Crippen LogP contribution in [0.15, 0.2) is 51.8 Å². The SMILES string of the molecule is CCOc1ccc(C(=O)Nc2nnc([C@@H]3CC(=O)N(c4ccc(SC)cc4)C3)o2)cc1OCC. The van der Waals surface area contributed by atoms with Crippen LogP contribution in [0.4, 0.5) is 11.7 Å². The lowest BCUT2D eigenvalue weighted by atomic mass is 10.1. The molecule has 0 spiro atoms. The highest BCUT2D eigenvalue weighted by molar-refractivity contribution is 7.98. The number of anilines is 2. The highest BCUT2D eigenvalue weighted by Gasteiger charge is 2.35. The molecule has 1 saturated heterocycles. The first kappa shape index (κ1) is 23.6. The highest BCUT2D eigenvalue weighted by atomic mass is 32.2. The van der Waals surface area contributed by atoms with Gasteiger partial charge in [-0.15, -0.1) is 16.9 Å². The van der Waals surface area contributed by atoms with Crippen molar-refractivity contribution < 1.29 is 23.5 Å². The predicted molar refractivity (Wildman–Crippen MR) is 129 cm³/mol. The van der Waals surface area contributed by atoms with Gasteiger partial charge in [0.2, 0.25) is 11.8 Å². The van der Waals surface area contributed by atoms with E-state index in [2.05, 4.69) is 15.5 Å². The second-order valence-electron chi connectivity index (χ2n) is 7.53. The van der Waals surface area contributed by atoms with Crippen molar-refractivity contribution in [2.24, 2.45) is 0 Å². The van der Waals surface area contributed by atoms with Crippen molar-refractivity contribution in [3.05, 3.63) is 53.9 Å². The van der Waals surface area contributed by atoms with E-state index in [1.807, 2.05) is 44.4 Å². The van der Waals surface area contributed by atoms with Gasteiger partial charge in [0.05, 0.1) is 19.1 Å². The van der Waals surface area contributed by atoms with Crippen LogP contribution < -0.4 is 19.7 Å². The van der Waals surface area contributed by atoms with Crippen molar-refractivity contribution in [2.75, 3.05) is 36.2 Å². The van der Waals surface area contributed by atoms with Crippen molar-refractivity contribution in [3.63, 3.8) is 0 Å². The Hall–Kier alpha value is -3.53. The average Bonchev–Trinajstić information content (AvgIpc) is 3.47. The molecule has 0 unspecified atom stereocenters. The van der Waals surface area contributed by atoms with Crippen LogP contribution in [0.5, 0.6) is 11.5 Å². The van der Waals surface area contributed by atoms with Gasteiger partial charge in [0.25, 0.3) is 5.91 Å². The minimum Gasteiger partial charge on any atom is -0.490 e. The van der Waals surface area contributed by atoms with Crippen molar-refractivity contribution in [3.8, 4) is 11.5 Å². The third-order valence-corrected chi connectivity index (χ3v) is 6.07. The van der Waals surface area contributed by atoms with Crippen molar-refractivity contribution in [1.29, 1.82) is 0 Å². The maximum Gasteiger partial charge on any atom is 0.322 e. The fourth-order valence-corrected chi connectivity index (χ4v) is 4.10. The Morgan fingerprint density at radius 1 is 1.12 bits per heavy atom. The average molecular weight is 483 g/mol. The standard InChI is InChI=1S/C24H26N4O5S/c1-4-31-19-11-6-15(12-20(19)32-5-2)22(30)25-24-27-26-23(33-24)16-13-21(29)28(14-16)17-7-9-18(34-3)10-8-17/h6-12,16H,4-5,13-14H2,1-3H3,(H,25,27,30)/t16-/m1/s1. The number of aromatic nitrogens is 2. The van der Waals surface area contributed by atoms with E-state index in [0.717, 1.165) is 10.6 Å². The highest BCUT2D eigenvalue weighted by Crippen LogP contribution is 2.33. The number of benzene rings is 2. The summed E-state index contributed by atoms with van der Waals surface area (Å²) in [5.41, 5.74) is 1.20. The molecule has 1 atom stereocenters. The van der Waals surface area contributed by atoms with Crippen LogP contribution in [-0.4, -0.2) is 48.0 Å². The van der Waals surface area contributed by atoms with E-state index >= 15 is 0 Å². The number of rotatable bonds is 9. The summed E-state index contributed by atoms with van der Waals surface area (Å²) in [6.07, 6.45) is 2.27. The molecule has 178 valence electrons. The molecule has 2 aromatic carbocycles. The molecule has 10 heteroatoms. The predicted octanol–water partition coefficient (Wildman–Crippen LogP) is 4.36. The van der Waals surface area contributed by atoms with Crippen molar-refractivity contribution >= 4 is 35.3 Å². The topological polar surface area (TPSA) is 107 Å². The molecule has 0 saturated carbocycles. The Balaban J connectivity index is 1.43. The number of carbonyl (C=O) groups excluding carboxylic acids is 2. The van der Waals surface area contributed by atoms with Crippen LogP contribution in [0.1, 0.15) is 42.4 Å². The number of hydrogen-bond donors (Lipinski definition) is 1. The van der Waals surface area contributed by atoms with E-state index in [1.165, 1.54) is 0 Å². The number of ether oxygens (including phenoxy) is 2. The van der Waals surface area contributed by atoms with Gasteiger partial charge in [-0.2, -0.15) is 0 Å². The molecule has 3 aromatic rings. The summed E-state index contributed by atoms with van der Waals surface area (Å²) in [5, 5.41) is 10.6. The minimum atomic E-state index is -0.419. The Morgan fingerprint density at radius 2 is 1.85 bits per heavy atom. The van der Waals surface area contributed by atoms with E-state index < -0.39 is 5.91 Å². The van der Waals surface area contributed by atoms with E-state index in [4.69, 9.17) is 13.9 Å². The van der Waals surface area contributed by atoms with E-state index in [-0.39, 0.29) is 24.3 Å². The summed E-state index contributed by atoms with van der Waals surface area (Å²) < 4.78 is 16.8. The first-order valence-corrected chi connectivity index (χ1v) is 12.2. The lowest BCUT2D eigenvalue weighted by Crippen LogP contribution is -2.24. The summed E-state index contributed by atoms with van der Waals surface area (Å²) in [5.74, 6) is 0.688. The molecule has 1 aromatic heterocycles. The van der Waals surface area contributed by atoms with Gasteiger partial charge in [0.1, 0.15) is 0 Å². The Morgan fingerprint density at radius 3 is 2.56 bits per heavy atom. The van der Waals surface area contributed by atoms with E-state index in [9.17, 15) is 9.59 Å². The van der Waals surface area contributed by atoms with Crippen molar-refractivity contribution in [1.82, 2.24) is 10.2 Å². The minimum absolute atomic E-state index is 0.0106. The molecule has 34 heavy (non-hydrogen) atoms. The number of thioether (sulfide) groups is 1. The second-order valence-corrected chi connectivity index (χ2v) is 8.41. The summed E-state index contributed by atoms with van der Waals surface area (Å²) in [7, 11) is 0. The maximum absolute atomic E-state index is 12.7. The third-order valence-electron chi connectivity index (χ3n) is 5.33. The fourth-order valence-electron chi connectivity index (χ4n) is 3.70. The molecule has 9 nitrogen and oxygen atoms in total. The zero-order valence-electron chi connectivity index (χ0n) is 19.2. The first-order valence-electron chi connectivity index (χ1n) is 11.0. The number of nitrogens with zero attached hydrogens (tertiary/aromatic N) is 3. The van der Waals surface area contributed by atoms with Crippen LogP contribution in [0.2, 0.25) is 0 Å². The molecule has 0 bridgehead atoms. The molecular weight excluding hydrogens is 456 g/mol. The van der Waals surface area contributed by atoms with Gasteiger partial charge in [-0.1, -0.05) is 5.10 Å². The number of amides is 2. The van der Waals surface area contributed by atoms with Gasteiger partial charge in [-0.3, -0.25) is 14.9 Å². The largest absolute Gasteiger partial charge is 0.490 e. The lowest BCUT2D eigenvalue weighted by Gasteiger charge is -2.16. The molecule has 0 radical (unpaired) electrons. The molecule has 1 aliphatic heterocycles. The normalized spacial score (nSPS) is 15.4. The van der Waals surface area contributed by atoms with Crippen LogP contribution >= 0.6 is 11.8 Å². The van der Waals surface area contributed by atoms with Gasteiger partial charge in [0, 0.05) is 29.1 Å². The van der Waals surface area contributed by atoms with Crippen LogP contribution in [-0.2, 0) is 4.79 Å². The smallest absolute Gasteiger partial charge is 0.322 e. The third kappa shape index (κ3) is 5.17. The fraction of sp³-hybridized carbons (Fsp3) is 0.333. The van der Waals surface area contributed by atoms with Gasteiger partial charge in [0.15, 0.2) is 11.5 Å². The Bertz CT molecular complexity index is 1160. The zero-order chi connectivity index (χ0) is 24.1. The molecule has 1 fully saturated rings. The first-order chi connectivity index (χ1) is 16.5. The zero-order valence-corrected chi connectivity index (χ0v) is 20.1. The molecule has 2 heterocycles. The second kappa shape index (κ2) is 10.6. The molecule has 4 rings (SSSR count). The maximum atomic E-state index is 12.7. The van der Waals surface area contributed by atoms with E-state index in [0.29, 0.717) is 42.7 Å². The molecular formula is C24H26N4O5S. The molecule has 0 aliphatic carbocycles. The van der Waals surface area contributed by atoms with Crippen LogP contribution in [0.3, 0.4) is 0 Å². The summed E-state index contributed by atoms with van der Waals surface area (Å²) in [4.78, 5) is 28.1. The van der Waals surface area contributed by atoms with Crippen LogP contribution in [0, 0.1) is 0 Å². The Kier molecular flexibility index (Phi) is 7.36. The lowest BCUT2D eigenvalue weighted by molar-refractivity contribution is -0.117. The number of nitrogens with one attached hydrogen (secondary N) is 1. The number of hydrogen-bond acceptors (Lipinski definition) is 8.